The highest BCUT2D eigenvalue weighted by molar-refractivity contribution is 5.73. The van der Waals surface area contributed by atoms with E-state index in [-0.39, 0.29) is 17.4 Å². The van der Waals surface area contributed by atoms with E-state index in [0.29, 0.717) is 28.8 Å². The van der Waals surface area contributed by atoms with Crippen LogP contribution < -0.4 is 5.56 Å². The Kier molecular flexibility index (Phi) is 4.70. The van der Waals surface area contributed by atoms with Crippen LogP contribution in [0.25, 0.3) is 11.0 Å². The predicted octanol–water partition coefficient (Wildman–Crippen LogP) is 3.61. The number of nitrogens with zero attached hydrogens (tertiary/aromatic N) is 4. The molecular formula is C22H26FN5O. The lowest BCUT2D eigenvalue weighted by atomic mass is 9.91. The van der Waals surface area contributed by atoms with Crippen molar-refractivity contribution in [2.45, 2.75) is 51.1 Å². The molecule has 1 aliphatic carbocycles. The van der Waals surface area contributed by atoms with Crippen molar-refractivity contribution in [3.05, 3.63) is 58.0 Å². The summed E-state index contributed by atoms with van der Waals surface area (Å²) in [4.78, 5) is 22.7. The lowest BCUT2D eigenvalue weighted by Gasteiger charge is -2.42. The highest BCUT2D eigenvalue weighted by atomic mass is 19.1. The largest absolute Gasteiger partial charge is 0.309 e. The van der Waals surface area contributed by atoms with E-state index in [1.54, 1.807) is 18.3 Å². The topological polar surface area (TPSA) is 66.8 Å². The molecule has 0 bridgehead atoms. The Morgan fingerprint density at radius 3 is 2.83 bits per heavy atom. The molecule has 2 aromatic heterocycles. The molecule has 0 amide bonds. The van der Waals surface area contributed by atoms with E-state index < -0.39 is 0 Å². The first-order valence-corrected chi connectivity index (χ1v) is 10.5. The quantitative estimate of drug-likeness (QED) is 0.717. The Labute approximate surface area is 168 Å². The summed E-state index contributed by atoms with van der Waals surface area (Å²) >= 11 is 0. The van der Waals surface area contributed by atoms with Crippen LogP contribution in [0.4, 0.5) is 4.39 Å². The van der Waals surface area contributed by atoms with Gasteiger partial charge in [-0.3, -0.25) is 9.69 Å². The third kappa shape index (κ3) is 3.48. The molecule has 5 rings (SSSR count). The van der Waals surface area contributed by atoms with E-state index in [4.69, 9.17) is 4.98 Å². The van der Waals surface area contributed by atoms with Crippen molar-refractivity contribution in [1.82, 2.24) is 24.6 Å². The van der Waals surface area contributed by atoms with Crippen molar-refractivity contribution in [3.63, 3.8) is 0 Å². The zero-order valence-corrected chi connectivity index (χ0v) is 16.6. The standard InChI is InChI=1S/C22H26FN5O/c1-14(27-12-16(13-27)9-15-5-4-6-17(23)10-15)20-25-21-19(22(29)26-20)11-24-28(21)18-7-2-3-8-18/h4-6,10-11,14,16,18H,2-3,7-9,12-13H2,1H3,(H,25,26,29)/t14-/m1/s1. The van der Waals surface area contributed by atoms with Crippen molar-refractivity contribution in [2.75, 3.05) is 13.1 Å². The summed E-state index contributed by atoms with van der Waals surface area (Å²) in [6, 6.07) is 7.22. The molecule has 3 heterocycles. The molecule has 1 aromatic carbocycles. The van der Waals surface area contributed by atoms with Gasteiger partial charge in [-0.25, -0.2) is 14.1 Å². The second kappa shape index (κ2) is 7.37. The van der Waals surface area contributed by atoms with Crippen LogP contribution in [-0.2, 0) is 6.42 Å². The highest BCUT2D eigenvalue weighted by Crippen LogP contribution is 2.32. The first-order valence-electron chi connectivity index (χ1n) is 10.5. The summed E-state index contributed by atoms with van der Waals surface area (Å²) in [5.41, 5.74) is 1.63. The van der Waals surface area contributed by atoms with Gasteiger partial charge in [0.15, 0.2) is 5.65 Å². The van der Waals surface area contributed by atoms with E-state index in [0.717, 1.165) is 37.9 Å². The Morgan fingerprint density at radius 1 is 1.28 bits per heavy atom. The number of fused-ring (bicyclic) bond motifs is 1. The minimum Gasteiger partial charge on any atom is -0.309 e. The van der Waals surface area contributed by atoms with Crippen LogP contribution in [0.2, 0.25) is 0 Å². The first-order chi connectivity index (χ1) is 14.1. The molecule has 2 fully saturated rings. The van der Waals surface area contributed by atoms with Gasteiger partial charge in [0.05, 0.1) is 18.3 Å². The van der Waals surface area contributed by atoms with Gasteiger partial charge >= 0.3 is 0 Å². The zero-order chi connectivity index (χ0) is 20.0. The molecule has 1 saturated heterocycles. The van der Waals surface area contributed by atoms with Crippen molar-refractivity contribution in [3.8, 4) is 0 Å². The Morgan fingerprint density at radius 2 is 2.07 bits per heavy atom. The lowest BCUT2D eigenvalue weighted by Crippen LogP contribution is -2.49. The Hall–Kier alpha value is -2.54. The molecule has 1 aliphatic heterocycles. The number of rotatable bonds is 5. The maximum atomic E-state index is 13.4. The van der Waals surface area contributed by atoms with E-state index in [1.807, 2.05) is 10.7 Å². The smallest absolute Gasteiger partial charge is 0.262 e. The molecule has 3 aromatic rings. The van der Waals surface area contributed by atoms with Crippen molar-refractivity contribution < 1.29 is 4.39 Å². The molecule has 1 atom stereocenters. The number of nitrogens with one attached hydrogen (secondary N) is 1. The fourth-order valence-corrected chi connectivity index (χ4v) is 4.79. The zero-order valence-electron chi connectivity index (χ0n) is 16.6. The molecular weight excluding hydrogens is 369 g/mol. The summed E-state index contributed by atoms with van der Waals surface area (Å²) in [5.74, 6) is 1.02. The molecule has 0 radical (unpaired) electrons. The second-order valence-electron chi connectivity index (χ2n) is 8.55. The monoisotopic (exact) mass is 395 g/mol. The van der Waals surface area contributed by atoms with Gasteiger partial charge in [-0.15, -0.1) is 0 Å². The van der Waals surface area contributed by atoms with E-state index >= 15 is 0 Å². The third-order valence-corrected chi connectivity index (χ3v) is 6.49. The average Bonchev–Trinajstić information content (AvgIpc) is 3.33. The minimum absolute atomic E-state index is 0.0304. The van der Waals surface area contributed by atoms with Crippen LogP contribution in [0.3, 0.4) is 0 Å². The maximum Gasteiger partial charge on any atom is 0.262 e. The minimum atomic E-state index is -0.180. The van der Waals surface area contributed by atoms with Crippen LogP contribution in [-0.4, -0.2) is 37.7 Å². The van der Waals surface area contributed by atoms with Crippen molar-refractivity contribution in [2.24, 2.45) is 5.92 Å². The van der Waals surface area contributed by atoms with Crippen molar-refractivity contribution >= 4 is 11.0 Å². The molecule has 0 spiro atoms. The fourth-order valence-electron chi connectivity index (χ4n) is 4.79. The molecule has 6 nitrogen and oxygen atoms in total. The van der Waals surface area contributed by atoms with Gasteiger partial charge in [-0.2, -0.15) is 5.10 Å². The summed E-state index contributed by atoms with van der Waals surface area (Å²) in [5, 5.41) is 5.04. The van der Waals surface area contributed by atoms with Gasteiger partial charge in [0.25, 0.3) is 5.56 Å². The summed E-state index contributed by atoms with van der Waals surface area (Å²) in [6.07, 6.45) is 7.14. The number of H-pyrrole nitrogens is 1. The Balaban J connectivity index is 1.32. The van der Waals surface area contributed by atoms with Crippen LogP contribution >= 0.6 is 0 Å². The molecule has 7 heteroatoms. The molecule has 0 unspecified atom stereocenters. The van der Waals surface area contributed by atoms with E-state index in [1.165, 1.54) is 18.9 Å². The SMILES string of the molecule is C[C@H](c1nc2c(cnn2C2CCCC2)c(=O)[nH]1)N1CC(Cc2cccc(F)c2)C1. The van der Waals surface area contributed by atoms with Crippen LogP contribution in [0.1, 0.15) is 56.1 Å². The molecule has 29 heavy (non-hydrogen) atoms. The normalized spacial score (nSPS) is 19.7. The van der Waals surface area contributed by atoms with Crippen molar-refractivity contribution in [1.29, 1.82) is 0 Å². The van der Waals surface area contributed by atoms with Gasteiger partial charge < -0.3 is 4.98 Å². The third-order valence-electron chi connectivity index (χ3n) is 6.49. The van der Waals surface area contributed by atoms with Gasteiger partial charge in [-0.05, 0) is 49.8 Å². The summed E-state index contributed by atoms with van der Waals surface area (Å²) in [6.45, 7) is 3.92. The molecule has 1 N–H and O–H groups in total. The highest BCUT2D eigenvalue weighted by Gasteiger charge is 2.32. The van der Waals surface area contributed by atoms with E-state index in [2.05, 4.69) is 21.9 Å². The molecule has 152 valence electrons. The number of halogens is 1. The van der Waals surface area contributed by atoms with Crippen LogP contribution in [0.15, 0.2) is 35.3 Å². The number of hydrogen-bond donors (Lipinski definition) is 1. The molecule has 1 saturated carbocycles. The first kappa shape index (κ1) is 18.5. The van der Waals surface area contributed by atoms with E-state index in [9.17, 15) is 9.18 Å². The number of likely N-dealkylation sites (tertiary alicyclic amines) is 1. The summed E-state index contributed by atoms with van der Waals surface area (Å²) in [7, 11) is 0. The Bertz CT molecular complexity index is 1080. The van der Waals surface area contributed by atoms with Gasteiger partial charge in [0, 0.05) is 13.1 Å². The number of aromatic nitrogens is 4. The summed E-state index contributed by atoms with van der Waals surface area (Å²) < 4.78 is 15.3. The number of benzene rings is 1. The van der Waals surface area contributed by atoms with Crippen LogP contribution in [0.5, 0.6) is 0 Å². The maximum absolute atomic E-state index is 13.4. The van der Waals surface area contributed by atoms with Gasteiger partial charge in [-0.1, -0.05) is 25.0 Å². The molecule has 2 aliphatic rings. The van der Waals surface area contributed by atoms with Gasteiger partial charge in [0.1, 0.15) is 17.0 Å². The fraction of sp³-hybridized carbons (Fsp3) is 0.500. The second-order valence-corrected chi connectivity index (χ2v) is 8.55. The van der Waals surface area contributed by atoms with Crippen LogP contribution in [0, 0.1) is 11.7 Å². The number of hydrogen-bond acceptors (Lipinski definition) is 4. The number of aromatic amines is 1. The van der Waals surface area contributed by atoms with Gasteiger partial charge in [0.2, 0.25) is 0 Å². The predicted molar refractivity (Wildman–Crippen MR) is 109 cm³/mol. The lowest BCUT2D eigenvalue weighted by molar-refractivity contribution is 0.0562. The average molecular weight is 395 g/mol.